The molecule has 3 aromatic rings. The second-order valence-electron chi connectivity index (χ2n) is 3.99. The van der Waals surface area contributed by atoms with E-state index in [-0.39, 0.29) is 6.61 Å². The molecule has 3 nitrogen and oxygen atoms in total. The van der Waals surface area contributed by atoms with Crippen molar-refractivity contribution in [2.45, 2.75) is 23.5 Å². The van der Waals surface area contributed by atoms with Crippen LogP contribution in [-0.2, 0) is 6.61 Å². The van der Waals surface area contributed by atoms with Gasteiger partial charge in [0.15, 0.2) is 4.96 Å². The maximum Gasteiger partial charge on any atom is 0.195 e. The van der Waals surface area contributed by atoms with E-state index in [1.807, 2.05) is 16.0 Å². The van der Waals surface area contributed by atoms with E-state index in [0.29, 0.717) is 0 Å². The van der Waals surface area contributed by atoms with Gasteiger partial charge in [0.1, 0.15) is 5.03 Å². The summed E-state index contributed by atoms with van der Waals surface area (Å²) in [4.78, 5) is 6.61. The highest BCUT2D eigenvalue weighted by Crippen LogP contribution is 2.31. The molecule has 18 heavy (non-hydrogen) atoms. The zero-order valence-electron chi connectivity index (χ0n) is 9.83. The number of fused-ring (bicyclic) bond motifs is 1. The molecule has 92 valence electrons. The number of rotatable bonds is 3. The van der Waals surface area contributed by atoms with Crippen LogP contribution in [0.5, 0.6) is 0 Å². The van der Waals surface area contributed by atoms with Gasteiger partial charge in [0, 0.05) is 16.5 Å². The lowest BCUT2D eigenvalue weighted by molar-refractivity contribution is 0.272. The Labute approximate surface area is 113 Å². The first kappa shape index (κ1) is 11.8. The fourth-order valence-electron chi connectivity index (χ4n) is 1.76. The summed E-state index contributed by atoms with van der Waals surface area (Å²) in [5, 5.41) is 12.3. The molecule has 0 fully saturated rings. The number of imidazole rings is 1. The number of benzene rings is 1. The number of nitrogens with zero attached hydrogens (tertiary/aromatic N) is 2. The lowest BCUT2D eigenvalue weighted by atomic mass is 10.2. The molecule has 2 aromatic heterocycles. The molecular formula is C13H12N2OS2. The first-order valence-corrected chi connectivity index (χ1v) is 7.27. The van der Waals surface area contributed by atoms with E-state index in [2.05, 4.69) is 36.2 Å². The number of aliphatic hydroxyl groups is 1. The summed E-state index contributed by atoms with van der Waals surface area (Å²) in [5.41, 5.74) is 2.10. The van der Waals surface area contributed by atoms with E-state index in [4.69, 9.17) is 0 Å². The van der Waals surface area contributed by atoms with Gasteiger partial charge in [-0.1, -0.05) is 29.5 Å². The van der Waals surface area contributed by atoms with E-state index in [1.165, 1.54) is 5.56 Å². The number of thiazole rings is 1. The summed E-state index contributed by atoms with van der Waals surface area (Å²) in [7, 11) is 0. The Morgan fingerprint density at radius 2 is 2.11 bits per heavy atom. The van der Waals surface area contributed by atoms with Crippen LogP contribution in [0.2, 0.25) is 0 Å². The minimum atomic E-state index is 0.00605. The molecule has 0 amide bonds. The fraction of sp³-hybridized carbons (Fsp3) is 0.154. The molecule has 0 aliphatic heterocycles. The van der Waals surface area contributed by atoms with Crippen molar-refractivity contribution < 1.29 is 5.11 Å². The molecule has 0 spiro atoms. The molecule has 1 aromatic carbocycles. The average molecular weight is 276 g/mol. The molecule has 0 radical (unpaired) electrons. The van der Waals surface area contributed by atoms with E-state index < -0.39 is 0 Å². The Bertz CT molecular complexity index is 670. The third-order valence-corrected chi connectivity index (χ3v) is 4.49. The Morgan fingerprint density at radius 3 is 2.83 bits per heavy atom. The van der Waals surface area contributed by atoms with Gasteiger partial charge in [0.05, 0.1) is 12.3 Å². The third-order valence-electron chi connectivity index (χ3n) is 2.71. The Hall–Kier alpha value is -1.30. The number of aliphatic hydroxyl groups excluding tert-OH is 1. The summed E-state index contributed by atoms with van der Waals surface area (Å²) < 4.78 is 1.95. The topological polar surface area (TPSA) is 37.5 Å². The van der Waals surface area contributed by atoms with E-state index in [9.17, 15) is 5.11 Å². The van der Waals surface area contributed by atoms with E-state index in [0.717, 1.165) is 20.6 Å². The minimum absolute atomic E-state index is 0.00605. The zero-order chi connectivity index (χ0) is 12.5. The molecule has 5 heteroatoms. The van der Waals surface area contributed by atoms with Crippen LogP contribution in [0.25, 0.3) is 4.96 Å². The molecular weight excluding hydrogens is 264 g/mol. The molecule has 2 heterocycles. The molecule has 0 saturated heterocycles. The zero-order valence-corrected chi connectivity index (χ0v) is 11.5. The highest BCUT2D eigenvalue weighted by molar-refractivity contribution is 7.99. The average Bonchev–Trinajstić information content (AvgIpc) is 2.92. The predicted molar refractivity (Wildman–Crippen MR) is 74.3 cm³/mol. The first-order valence-electron chi connectivity index (χ1n) is 5.58. The van der Waals surface area contributed by atoms with E-state index in [1.54, 1.807) is 23.1 Å². The van der Waals surface area contributed by atoms with Crippen molar-refractivity contribution >= 4 is 28.1 Å². The summed E-state index contributed by atoms with van der Waals surface area (Å²) in [6, 6.07) is 8.32. The Kier molecular flexibility index (Phi) is 3.11. The van der Waals surface area contributed by atoms with Crippen LogP contribution in [0.4, 0.5) is 0 Å². The number of aryl methyl sites for hydroxylation is 1. The van der Waals surface area contributed by atoms with Gasteiger partial charge in [-0.15, -0.1) is 11.3 Å². The molecule has 0 saturated carbocycles. The van der Waals surface area contributed by atoms with Crippen LogP contribution in [0.3, 0.4) is 0 Å². The smallest absolute Gasteiger partial charge is 0.195 e. The summed E-state index contributed by atoms with van der Waals surface area (Å²) >= 11 is 3.17. The second kappa shape index (κ2) is 4.76. The predicted octanol–water partition coefficient (Wildman–Crippen LogP) is 3.35. The van der Waals surface area contributed by atoms with Crippen LogP contribution in [0, 0.1) is 6.92 Å². The van der Waals surface area contributed by atoms with Gasteiger partial charge < -0.3 is 5.11 Å². The quantitative estimate of drug-likeness (QED) is 0.797. The highest BCUT2D eigenvalue weighted by Gasteiger charge is 2.13. The van der Waals surface area contributed by atoms with Gasteiger partial charge in [-0.05, 0) is 19.1 Å². The normalized spacial score (nSPS) is 11.2. The van der Waals surface area contributed by atoms with Gasteiger partial charge in [0.25, 0.3) is 0 Å². The van der Waals surface area contributed by atoms with Gasteiger partial charge in [-0.2, -0.15) is 0 Å². The maximum atomic E-state index is 9.48. The molecule has 1 N–H and O–H groups in total. The highest BCUT2D eigenvalue weighted by atomic mass is 32.2. The largest absolute Gasteiger partial charge is 0.390 e. The lowest BCUT2D eigenvalue weighted by Crippen LogP contribution is -1.90. The Morgan fingerprint density at radius 1 is 1.33 bits per heavy atom. The SMILES string of the molecule is Cc1ccc(Sc2nc3sccn3c2CO)cc1. The minimum Gasteiger partial charge on any atom is -0.390 e. The van der Waals surface area contributed by atoms with Crippen molar-refractivity contribution in [2.75, 3.05) is 0 Å². The second-order valence-corrected chi connectivity index (χ2v) is 5.93. The molecule has 3 rings (SSSR count). The summed E-state index contributed by atoms with van der Waals surface area (Å²) in [6.07, 6.45) is 1.94. The van der Waals surface area contributed by atoms with Gasteiger partial charge in [-0.3, -0.25) is 4.40 Å². The van der Waals surface area contributed by atoms with Crippen molar-refractivity contribution in [1.29, 1.82) is 0 Å². The van der Waals surface area contributed by atoms with Crippen LogP contribution >= 0.6 is 23.1 Å². The fourth-order valence-corrected chi connectivity index (χ4v) is 3.46. The van der Waals surface area contributed by atoms with Crippen molar-refractivity contribution in [1.82, 2.24) is 9.38 Å². The van der Waals surface area contributed by atoms with E-state index >= 15 is 0 Å². The summed E-state index contributed by atoms with van der Waals surface area (Å²) in [6.45, 7) is 2.08. The molecule has 0 aliphatic rings. The molecule has 0 aliphatic carbocycles. The van der Waals surface area contributed by atoms with Crippen molar-refractivity contribution in [3.63, 3.8) is 0 Å². The summed E-state index contributed by atoms with van der Waals surface area (Å²) in [5.74, 6) is 0. The number of hydrogen-bond donors (Lipinski definition) is 1. The van der Waals surface area contributed by atoms with Crippen LogP contribution < -0.4 is 0 Å². The van der Waals surface area contributed by atoms with Crippen molar-refractivity contribution in [3.8, 4) is 0 Å². The van der Waals surface area contributed by atoms with Gasteiger partial charge >= 0.3 is 0 Å². The standard InChI is InChI=1S/C13H12N2OS2/c1-9-2-4-10(5-3-9)18-12-11(8-16)15-6-7-17-13(15)14-12/h2-7,16H,8H2,1H3. The maximum absolute atomic E-state index is 9.48. The molecule has 0 unspecified atom stereocenters. The number of hydrogen-bond acceptors (Lipinski definition) is 4. The monoisotopic (exact) mass is 276 g/mol. The van der Waals surface area contributed by atoms with Gasteiger partial charge in [-0.25, -0.2) is 4.98 Å². The number of aromatic nitrogens is 2. The Balaban J connectivity index is 1.98. The third kappa shape index (κ3) is 2.05. The first-order chi connectivity index (χ1) is 8.78. The van der Waals surface area contributed by atoms with Crippen LogP contribution in [0.15, 0.2) is 45.8 Å². The molecule has 0 bridgehead atoms. The van der Waals surface area contributed by atoms with Crippen LogP contribution in [-0.4, -0.2) is 14.5 Å². The van der Waals surface area contributed by atoms with Gasteiger partial charge in [0.2, 0.25) is 0 Å². The molecule has 0 atom stereocenters. The lowest BCUT2D eigenvalue weighted by Gasteiger charge is -2.01. The van der Waals surface area contributed by atoms with Crippen molar-refractivity contribution in [2.24, 2.45) is 0 Å². The van der Waals surface area contributed by atoms with Crippen LogP contribution in [0.1, 0.15) is 11.3 Å². The van der Waals surface area contributed by atoms with Crippen molar-refractivity contribution in [3.05, 3.63) is 47.1 Å².